The molecule has 0 radical (unpaired) electrons. The summed E-state index contributed by atoms with van der Waals surface area (Å²) in [6.07, 6.45) is -0.535. The highest BCUT2D eigenvalue weighted by atomic mass is 35.5. The second-order valence-corrected chi connectivity index (χ2v) is 11.0. The van der Waals surface area contributed by atoms with E-state index in [1.165, 1.54) is 6.07 Å². The van der Waals surface area contributed by atoms with E-state index in [0.717, 1.165) is 11.1 Å². The van der Waals surface area contributed by atoms with Crippen LogP contribution in [0.15, 0.2) is 29.1 Å². The number of piperidine rings is 1. The van der Waals surface area contributed by atoms with E-state index in [9.17, 15) is 19.5 Å². The number of carbonyl (C=O) groups is 2. The average molecular weight is 555 g/mol. The number of benzene rings is 1. The number of carboxylic acids is 1. The van der Waals surface area contributed by atoms with Gasteiger partial charge in [0.25, 0.3) is 5.56 Å². The van der Waals surface area contributed by atoms with Gasteiger partial charge in [-0.1, -0.05) is 17.7 Å². The Morgan fingerprint density at radius 1 is 1.15 bits per heavy atom. The van der Waals surface area contributed by atoms with Crippen LogP contribution in [0.4, 0.5) is 16.4 Å². The SMILES string of the molecule is Cc1cc([C@H](C)Nc2ccc(Cl)nc2C(=O)O)c2nc(N3C[C@@H]4C(OC(=O)NC(C)C)[C@@H]4C3)n(C)c(=O)c2c1. The molecule has 5 rings (SSSR count). The van der Waals surface area contributed by atoms with Crippen molar-refractivity contribution in [3.05, 3.63) is 56.6 Å². The molecule has 206 valence electrons. The maximum atomic E-state index is 13.5. The number of carbonyl (C=O) groups excluding carboxylic acids is 1. The number of carboxylic acid groups (broad SMARTS) is 1. The van der Waals surface area contributed by atoms with Gasteiger partial charge in [-0.25, -0.2) is 19.6 Å². The summed E-state index contributed by atoms with van der Waals surface area (Å²) in [7, 11) is 1.71. The molecule has 2 aromatic heterocycles. The number of anilines is 2. The lowest BCUT2D eigenvalue weighted by atomic mass is 10.0. The van der Waals surface area contributed by atoms with Crippen LogP contribution >= 0.6 is 11.6 Å². The Kier molecular flexibility index (Phi) is 6.88. The van der Waals surface area contributed by atoms with Crippen LogP contribution in [0.2, 0.25) is 5.15 Å². The van der Waals surface area contributed by atoms with Crippen LogP contribution in [0.3, 0.4) is 0 Å². The van der Waals surface area contributed by atoms with E-state index in [0.29, 0.717) is 35.6 Å². The van der Waals surface area contributed by atoms with Gasteiger partial charge >= 0.3 is 12.1 Å². The van der Waals surface area contributed by atoms with Gasteiger partial charge in [0.2, 0.25) is 5.95 Å². The van der Waals surface area contributed by atoms with Crippen molar-refractivity contribution in [3.63, 3.8) is 0 Å². The Hall–Kier alpha value is -3.86. The Bertz CT molecular complexity index is 1530. The number of rotatable bonds is 7. The van der Waals surface area contributed by atoms with Crippen LogP contribution in [0, 0.1) is 18.8 Å². The number of pyridine rings is 1. The third-order valence-electron chi connectivity index (χ3n) is 7.28. The lowest BCUT2D eigenvalue weighted by molar-refractivity contribution is 0.0691. The van der Waals surface area contributed by atoms with Crippen molar-refractivity contribution in [2.75, 3.05) is 23.3 Å². The molecule has 2 fully saturated rings. The number of fused-ring (bicyclic) bond motifs is 2. The largest absolute Gasteiger partial charge is 0.476 e. The third-order valence-corrected chi connectivity index (χ3v) is 7.49. The van der Waals surface area contributed by atoms with Crippen molar-refractivity contribution in [2.24, 2.45) is 18.9 Å². The van der Waals surface area contributed by atoms with Crippen molar-refractivity contribution in [1.82, 2.24) is 19.9 Å². The zero-order valence-corrected chi connectivity index (χ0v) is 23.1. The highest BCUT2D eigenvalue weighted by Crippen LogP contribution is 2.48. The maximum absolute atomic E-state index is 13.5. The molecule has 2 aliphatic rings. The molecule has 3 aromatic rings. The van der Waals surface area contributed by atoms with E-state index in [2.05, 4.69) is 20.5 Å². The number of aryl methyl sites for hydroxylation is 1. The van der Waals surface area contributed by atoms with Gasteiger partial charge in [-0.3, -0.25) is 9.36 Å². The molecule has 0 bridgehead atoms. The molecule has 1 aliphatic carbocycles. The van der Waals surface area contributed by atoms with Gasteiger partial charge in [-0.15, -0.1) is 0 Å². The first-order valence-corrected chi connectivity index (χ1v) is 13.2. The highest BCUT2D eigenvalue weighted by Gasteiger charge is 2.59. The summed E-state index contributed by atoms with van der Waals surface area (Å²) < 4.78 is 7.13. The van der Waals surface area contributed by atoms with Gasteiger partial charge in [0, 0.05) is 43.6 Å². The Morgan fingerprint density at radius 3 is 2.49 bits per heavy atom. The minimum Gasteiger partial charge on any atom is -0.476 e. The quantitative estimate of drug-likeness (QED) is 0.373. The van der Waals surface area contributed by atoms with Gasteiger partial charge in [0.05, 0.1) is 22.6 Å². The predicted octanol–water partition coefficient (Wildman–Crippen LogP) is 3.73. The topological polar surface area (TPSA) is 139 Å². The van der Waals surface area contributed by atoms with E-state index in [1.54, 1.807) is 17.7 Å². The van der Waals surface area contributed by atoms with E-state index in [1.807, 2.05) is 39.8 Å². The zero-order chi connectivity index (χ0) is 28.2. The molecule has 4 atom stereocenters. The fourth-order valence-corrected chi connectivity index (χ4v) is 5.53. The summed E-state index contributed by atoms with van der Waals surface area (Å²) in [5, 5.41) is 16.1. The fraction of sp³-hybridized carbons (Fsp3) is 0.444. The Labute approximate surface area is 230 Å². The van der Waals surface area contributed by atoms with Crippen molar-refractivity contribution in [3.8, 4) is 0 Å². The number of aromatic nitrogens is 3. The maximum Gasteiger partial charge on any atom is 0.407 e. The number of amides is 1. The summed E-state index contributed by atoms with van der Waals surface area (Å²) in [4.78, 5) is 48.2. The number of halogens is 1. The molecule has 3 heterocycles. The Morgan fingerprint density at radius 2 is 1.85 bits per heavy atom. The molecule has 3 N–H and O–H groups in total. The number of nitrogens with one attached hydrogen (secondary N) is 2. The molecular weight excluding hydrogens is 524 g/mol. The molecule has 11 nitrogen and oxygen atoms in total. The molecule has 1 aliphatic heterocycles. The van der Waals surface area contributed by atoms with Crippen LogP contribution in [-0.4, -0.2) is 56.9 Å². The van der Waals surface area contributed by atoms with Crippen molar-refractivity contribution in [1.29, 1.82) is 0 Å². The first-order chi connectivity index (χ1) is 18.4. The van der Waals surface area contributed by atoms with Gasteiger partial charge in [-0.05, 0) is 51.5 Å². The monoisotopic (exact) mass is 554 g/mol. The zero-order valence-electron chi connectivity index (χ0n) is 22.4. The lowest BCUT2D eigenvalue weighted by Crippen LogP contribution is -2.36. The van der Waals surface area contributed by atoms with Crippen molar-refractivity contribution in [2.45, 2.75) is 45.9 Å². The number of ether oxygens (including phenoxy) is 1. The molecular formula is C27H31ClN6O5. The molecule has 1 amide bonds. The number of alkyl carbamates (subject to hydrolysis) is 1. The summed E-state index contributed by atoms with van der Waals surface area (Å²) in [6, 6.07) is 6.46. The van der Waals surface area contributed by atoms with Gasteiger partial charge in [-0.2, -0.15) is 0 Å². The summed E-state index contributed by atoms with van der Waals surface area (Å²) >= 11 is 5.91. The second-order valence-electron chi connectivity index (χ2n) is 10.6. The minimum absolute atomic E-state index is 0.00491. The molecule has 1 aromatic carbocycles. The minimum atomic E-state index is -1.20. The van der Waals surface area contributed by atoms with E-state index in [4.69, 9.17) is 21.3 Å². The van der Waals surface area contributed by atoms with E-state index in [-0.39, 0.29) is 40.4 Å². The number of hydrogen-bond acceptors (Lipinski definition) is 8. The second kappa shape index (κ2) is 10.0. The molecule has 1 unspecified atom stereocenters. The van der Waals surface area contributed by atoms with E-state index < -0.39 is 18.1 Å². The fourth-order valence-electron chi connectivity index (χ4n) is 5.38. The average Bonchev–Trinajstić information content (AvgIpc) is 3.28. The van der Waals surface area contributed by atoms with Gasteiger partial charge in [0.15, 0.2) is 5.69 Å². The van der Waals surface area contributed by atoms with Gasteiger partial charge in [0.1, 0.15) is 11.3 Å². The van der Waals surface area contributed by atoms with E-state index >= 15 is 0 Å². The normalized spacial score (nSPS) is 20.6. The standard InChI is InChI=1S/C27H31ClN6O5/c1-12(2)29-27(38)39-23-17-10-34(11-18(17)23)26-32-21-15(8-13(3)9-16(21)24(35)33(26)5)14(4)30-19-6-7-20(28)31-22(19)25(36)37/h6-9,12,14,17-18,23,30H,10-11H2,1-5H3,(H,29,38)(H,36,37)/t14-,17-,18+,23?/m0/s1. The number of hydrogen-bond donors (Lipinski definition) is 3. The molecule has 1 saturated heterocycles. The van der Waals surface area contributed by atoms with Crippen LogP contribution in [0.5, 0.6) is 0 Å². The number of nitrogens with zero attached hydrogens (tertiary/aromatic N) is 4. The van der Waals surface area contributed by atoms with Crippen LogP contribution < -0.4 is 21.1 Å². The van der Waals surface area contributed by atoms with Crippen molar-refractivity contribution < 1.29 is 19.4 Å². The Balaban J connectivity index is 1.44. The summed E-state index contributed by atoms with van der Waals surface area (Å²) in [5.74, 6) is -0.269. The molecule has 12 heteroatoms. The third kappa shape index (κ3) is 5.10. The van der Waals surface area contributed by atoms with Crippen LogP contribution in [0.25, 0.3) is 10.9 Å². The molecule has 1 saturated carbocycles. The van der Waals surface area contributed by atoms with Crippen molar-refractivity contribution >= 4 is 46.2 Å². The predicted molar refractivity (Wildman–Crippen MR) is 148 cm³/mol. The van der Waals surface area contributed by atoms with Crippen LogP contribution in [-0.2, 0) is 11.8 Å². The van der Waals surface area contributed by atoms with Gasteiger partial charge < -0.3 is 25.4 Å². The highest BCUT2D eigenvalue weighted by molar-refractivity contribution is 6.29. The smallest absolute Gasteiger partial charge is 0.407 e. The summed E-state index contributed by atoms with van der Waals surface area (Å²) in [5.41, 5.74) is 2.13. The molecule has 39 heavy (non-hydrogen) atoms. The number of aromatic carboxylic acids is 1. The summed E-state index contributed by atoms with van der Waals surface area (Å²) in [6.45, 7) is 8.80. The first-order valence-electron chi connectivity index (χ1n) is 12.8. The lowest BCUT2D eigenvalue weighted by Gasteiger charge is -2.25. The van der Waals surface area contributed by atoms with Crippen LogP contribution in [0.1, 0.15) is 48.4 Å². The first kappa shape index (κ1) is 26.7. The molecule has 0 spiro atoms.